The minimum absolute atomic E-state index is 0. The van der Waals surface area contributed by atoms with Gasteiger partial charge < -0.3 is 2.85 Å². The van der Waals surface area contributed by atoms with E-state index in [2.05, 4.69) is 6.92 Å². The third-order valence-electron chi connectivity index (χ3n) is 6.35. The Balaban J connectivity index is -0.00000320. The van der Waals surface area contributed by atoms with Crippen molar-refractivity contribution in [1.29, 1.82) is 0 Å². The van der Waals surface area contributed by atoms with E-state index >= 15 is 0 Å². The number of rotatable bonds is 21. The molecule has 1 aromatic rings. The monoisotopic (exact) mass is 494 g/mol. The van der Waals surface area contributed by atoms with Gasteiger partial charge in [0, 0.05) is 0 Å². The molecule has 5 heteroatoms. The Hall–Kier alpha value is 0.390. The van der Waals surface area contributed by atoms with Gasteiger partial charge >= 0.3 is 37.7 Å². The summed E-state index contributed by atoms with van der Waals surface area (Å²) >= 11 is 0. The summed E-state index contributed by atoms with van der Waals surface area (Å²) < 4.78 is 32.9. The topological polar surface area (TPSA) is 54.4 Å². The summed E-state index contributed by atoms with van der Waals surface area (Å²) in [6, 6.07) is 9.08. The predicted molar refractivity (Wildman–Crippen MR) is 142 cm³/mol. The first kappa shape index (κ1) is 32.4. The molecule has 0 saturated heterocycles. The number of benzene rings is 1. The molecule has 1 rings (SSSR count). The maximum Gasteiger partial charge on any atom is 2.00 e. The molecule has 0 spiro atoms. The Bertz CT molecular complexity index is 630. The summed E-state index contributed by atoms with van der Waals surface area (Å²) in [6.45, 7) is 2.28. The molecule has 0 aliphatic heterocycles. The zero-order valence-corrected chi connectivity index (χ0v) is 23.8. The first-order chi connectivity index (χ1) is 15.1. The van der Waals surface area contributed by atoms with Gasteiger partial charge in [-0.25, -0.2) is 0 Å². The molecule has 0 heterocycles. The largest absolute Gasteiger partial charge is 2.00 e. The molecule has 0 aliphatic carbocycles. The molecular weight excluding hydrogens is 444 g/mol. The van der Waals surface area contributed by atoms with Crippen LogP contribution in [0.5, 0.6) is 0 Å². The molecule has 1 atom stereocenters. The maximum absolute atomic E-state index is 11.7. The second-order valence-corrected chi connectivity index (χ2v) is 10.8. The van der Waals surface area contributed by atoms with Crippen molar-refractivity contribution in [3.8, 4) is 0 Å². The van der Waals surface area contributed by atoms with Gasteiger partial charge in [0.05, 0.1) is 0 Å². The van der Waals surface area contributed by atoms with Gasteiger partial charge in [0.15, 0.2) is 0 Å². The van der Waals surface area contributed by atoms with Crippen LogP contribution in [0, 0.1) is 0 Å². The summed E-state index contributed by atoms with van der Waals surface area (Å²) in [4.78, 5) is 0. The summed E-state index contributed by atoms with van der Waals surface area (Å²) in [5.41, 5.74) is 0.692. The van der Waals surface area contributed by atoms with Gasteiger partial charge in [0.2, 0.25) is 0 Å². The van der Waals surface area contributed by atoms with Crippen LogP contribution in [-0.4, -0.2) is 50.7 Å². The Morgan fingerprint density at radius 1 is 0.656 bits per heavy atom. The summed E-state index contributed by atoms with van der Waals surface area (Å²) in [5.74, 6) is 0. The van der Waals surface area contributed by atoms with Gasteiger partial charge in [-0.05, 0) is 12.0 Å². The van der Waals surface area contributed by atoms with E-state index in [1.54, 1.807) is 12.1 Å². The second-order valence-electron chi connectivity index (χ2n) is 9.21. The molecule has 0 aromatic heterocycles. The standard InChI is InChI=1S/C27H48O3S.Ca.2H/c1-2-3-4-5-6-7-8-9-10-11-12-13-14-15-16-17-18-22-25-27(31(28,29)30)26-23-20-19-21-24-26;;;/h19-21,23-24,27H,2-18,22,25H2,1H3,(H,28,29,30);;;/q;+2;2*-1. The average Bonchev–Trinajstić information content (AvgIpc) is 2.75. The van der Waals surface area contributed by atoms with Crippen molar-refractivity contribution in [2.45, 2.75) is 134 Å². The van der Waals surface area contributed by atoms with Crippen LogP contribution in [0.4, 0.5) is 0 Å². The summed E-state index contributed by atoms with van der Waals surface area (Å²) in [7, 11) is -4.04. The van der Waals surface area contributed by atoms with Gasteiger partial charge in [0.1, 0.15) is 5.25 Å². The van der Waals surface area contributed by atoms with E-state index in [1.165, 1.54) is 96.3 Å². The van der Waals surface area contributed by atoms with Crippen LogP contribution in [-0.2, 0) is 10.1 Å². The first-order valence-corrected chi connectivity index (χ1v) is 14.6. The third kappa shape index (κ3) is 17.8. The zero-order chi connectivity index (χ0) is 22.6. The van der Waals surface area contributed by atoms with Crippen LogP contribution in [0.2, 0.25) is 0 Å². The summed E-state index contributed by atoms with van der Waals surface area (Å²) in [6.07, 6.45) is 24.2. The van der Waals surface area contributed by atoms with E-state index in [4.69, 9.17) is 0 Å². The van der Waals surface area contributed by atoms with Crippen molar-refractivity contribution in [2.75, 3.05) is 0 Å². The molecule has 0 saturated carbocycles. The third-order valence-corrected chi connectivity index (χ3v) is 7.58. The van der Waals surface area contributed by atoms with Gasteiger partial charge in [-0.2, -0.15) is 8.42 Å². The van der Waals surface area contributed by atoms with Crippen molar-refractivity contribution >= 4 is 47.9 Å². The first-order valence-electron chi connectivity index (χ1n) is 13.1. The van der Waals surface area contributed by atoms with Crippen LogP contribution >= 0.6 is 0 Å². The maximum atomic E-state index is 11.7. The van der Waals surface area contributed by atoms with E-state index in [9.17, 15) is 13.0 Å². The van der Waals surface area contributed by atoms with Crippen LogP contribution in [0.15, 0.2) is 30.3 Å². The Morgan fingerprint density at radius 2 is 1.00 bits per heavy atom. The van der Waals surface area contributed by atoms with Crippen LogP contribution < -0.4 is 0 Å². The van der Waals surface area contributed by atoms with Crippen LogP contribution in [0.3, 0.4) is 0 Å². The average molecular weight is 495 g/mol. The molecule has 3 nitrogen and oxygen atoms in total. The second kappa shape index (κ2) is 21.9. The molecule has 0 bridgehead atoms. The Labute approximate surface area is 232 Å². The van der Waals surface area contributed by atoms with Crippen molar-refractivity contribution < 1.29 is 15.8 Å². The van der Waals surface area contributed by atoms with Gasteiger partial charge in [-0.1, -0.05) is 153 Å². The normalized spacial score (nSPS) is 12.4. The van der Waals surface area contributed by atoms with Crippen molar-refractivity contribution in [3.63, 3.8) is 0 Å². The minimum Gasteiger partial charge on any atom is -1.00 e. The molecule has 1 aromatic carbocycles. The van der Waals surface area contributed by atoms with Crippen LogP contribution in [0.1, 0.15) is 143 Å². The number of unbranched alkanes of at least 4 members (excludes halogenated alkanes) is 17. The quantitative estimate of drug-likeness (QED) is 0.105. The van der Waals surface area contributed by atoms with E-state index in [1.807, 2.05) is 18.2 Å². The van der Waals surface area contributed by atoms with Gasteiger partial charge in [-0.15, -0.1) is 0 Å². The molecule has 32 heavy (non-hydrogen) atoms. The molecule has 0 aliphatic rings. The van der Waals surface area contributed by atoms with E-state index in [0.717, 1.165) is 19.3 Å². The predicted octanol–water partition coefficient (Wildman–Crippen LogP) is 8.89. The Morgan fingerprint density at radius 3 is 1.34 bits per heavy atom. The van der Waals surface area contributed by atoms with Gasteiger partial charge in [0.25, 0.3) is 10.1 Å². The molecule has 184 valence electrons. The molecule has 1 N–H and O–H groups in total. The van der Waals surface area contributed by atoms with E-state index < -0.39 is 15.4 Å². The van der Waals surface area contributed by atoms with E-state index in [-0.39, 0.29) is 40.6 Å². The Kier molecular flexibility index (Phi) is 22.2. The smallest absolute Gasteiger partial charge is 1.00 e. The molecule has 1 unspecified atom stereocenters. The van der Waals surface area contributed by atoms with Crippen molar-refractivity contribution in [2.24, 2.45) is 0 Å². The molecule has 0 radical (unpaired) electrons. The molecule has 0 fully saturated rings. The van der Waals surface area contributed by atoms with Crippen LogP contribution in [0.25, 0.3) is 0 Å². The molecule has 0 amide bonds. The fraction of sp³-hybridized carbons (Fsp3) is 0.778. The number of hydrogen-bond acceptors (Lipinski definition) is 2. The summed E-state index contributed by atoms with van der Waals surface area (Å²) in [5, 5.41) is -0.783. The SMILES string of the molecule is CCCCCCCCCCCCCCCCCCCCC(c1ccccc1)S(=O)(=O)O.[Ca+2].[H-].[H-]. The zero-order valence-electron chi connectivity index (χ0n) is 22.8. The van der Waals surface area contributed by atoms with E-state index in [0.29, 0.717) is 12.0 Å². The van der Waals surface area contributed by atoms with Gasteiger partial charge in [-0.3, -0.25) is 4.55 Å². The van der Waals surface area contributed by atoms with Crippen molar-refractivity contribution in [3.05, 3.63) is 35.9 Å². The minimum atomic E-state index is -4.04. The molecular formula is C27H50CaO3S. The fourth-order valence-electron chi connectivity index (χ4n) is 4.39. The van der Waals surface area contributed by atoms with Crippen molar-refractivity contribution in [1.82, 2.24) is 0 Å². The number of hydrogen-bond donors (Lipinski definition) is 1. The fourth-order valence-corrected chi connectivity index (χ4v) is 5.35.